The van der Waals surface area contributed by atoms with Gasteiger partial charge in [-0.2, -0.15) is 0 Å². The van der Waals surface area contributed by atoms with Crippen molar-refractivity contribution in [2.45, 2.75) is 71.8 Å². The number of aryl methyl sites for hydroxylation is 1. The Labute approximate surface area is 234 Å². The first-order valence-electron chi connectivity index (χ1n) is 12.3. The predicted octanol–water partition coefficient (Wildman–Crippen LogP) is 2.41. The molecule has 0 amide bonds. The van der Waals surface area contributed by atoms with Crippen LogP contribution in [-0.2, 0) is 49.4 Å². The number of aromatic hydroxyl groups is 1. The second-order valence-electron chi connectivity index (χ2n) is 8.70. The summed E-state index contributed by atoms with van der Waals surface area (Å²) in [5.41, 5.74) is 0.929. The monoisotopic (exact) mass is 578 g/mol. The minimum atomic E-state index is -1.37. The van der Waals surface area contributed by atoms with Gasteiger partial charge in [0, 0.05) is 39.6 Å². The highest BCUT2D eigenvalue weighted by Gasteiger charge is 2.52. The SMILES string of the molecule is CCn1c(O)c(N=NC(=S)N[C@@H]2O[C@H](COC(C)=O)[C@@H](OC(C)=O)[C@H](OC(C)=O)[C@H]2OC(C)=O)c2ccccc21. The fourth-order valence-corrected chi connectivity index (χ4v) is 4.44. The van der Waals surface area contributed by atoms with E-state index >= 15 is 0 Å². The minimum Gasteiger partial charge on any atom is -0.493 e. The highest BCUT2D eigenvalue weighted by atomic mass is 32.1. The lowest BCUT2D eigenvalue weighted by Crippen LogP contribution is -2.66. The molecule has 2 aromatic rings. The number of carbonyl (C=O) groups excluding carboxylic acids is 4. The second-order valence-corrected chi connectivity index (χ2v) is 9.09. The summed E-state index contributed by atoms with van der Waals surface area (Å²) in [5.74, 6) is -3.03. The van der Waals surface area contributed by atoms with Gasteiger partial charge < -0.3 is 38.7 Å². The molecule has 0 saturated carbocycles. The number of aromatic nitrogens is 1. The van der Waals surface area contributed by atoms with Crippen molar-refractivity contribution in [1.29, 1.82) is 0 Å². The summed E-state index contributed by atoms with van der Waals surface area (Å²) in [6.45, 7) is 6.49. The summed E-state index contributed by atoms with van der Waals surface area (Å²) >= 11 is 5.31. The van der Waals surface area contributed by atoms with Crippen LogP contribution in [0, 0.1) is 0 Å². The molecule has 2 heterocycles. The van der Waals surface area contributed by atoms with Crippen molar-refractivity contribution in [2.24, 2.45) is 10.2 Å². The normalized spacial score (nSPS) is 22.5. The molecule has 1 fully saturated rings. The van der Waals surface area contributed by atoms with Gasteiger partial charge in [0.1, 0.15) is 12.7 Å². The Kier molecular flexibility index (Phi) is 10.1. The number of rotatable bonds is 8. The molecule has 3 rings (SSSR count). The molecule has 15 heteroatoms. The fraction of sp³-hybridized carbons (Fsp3) is 0.480. The smallest absolute Gasteiger partial charge is 0.303 e. The highest BCUT2D eigenvalue weighted by Crippen LogP contribution is 2.38. The molecule has 2 N–H and O–H groups in total. The largest absolute Gasteiger partial charge is 0.493 e. The zero-order chi connectivity index (χ0) is 29.6. The van der Waals surface area contributed by atoms with Crippen molar-refractivity contribution in [2.75, 3.05) is 6.61 Å². The van der Waals surface area contributed by atoms with Gasteiger partial charge in [-0.1, -0.05) is 18.2 Å². The van der Waals surface area contributed by atoms with Crippen molar-refractivity contribution in [1.82, 2.24) is 9.88 Å². The standard InChI is InChI=1S/C25H30N4O10S/c1-6-29-17-10-8-7-9-16(17)19(24(29)34)27-28-25(40)26-23-22(38-15(5)33)21(37-14(4)32)20(36-13(3)31)18(39-23)11-35-12(2)30/h7-10,18,20-23,34H,6,11H2,1-5H3,(H,26,40)/t18-,20-,21+,22-,23-/m1/s1. The molecule has 216 valence electrons. The third-order valence-electron chi connectivity index (χ3n) is 5.73. The van der Waals surface area contributed by atoms with E-state index in [0.717, 1.165) is 26.3 Å². The molecule has 1 aromatic carbocycles. The van der Waals surface area contributed by atoms with E-state index in [0.29, 0.717) is 11.9 Å². The van der Waals surface area contributed by atoms with E-state index < -0.39 is 61.1 Å². The Morgan fingerprint density at radius 1 is 0.975 bits per heavy atom. The second kappa shape index (κ2) is 13.3. The zero-order valence-corrected chi connectivity index (χ0v) is 23.3. The number of azo groups is 1. The van der Waals surface area contributed by atoms with Gasteiger partial charge in [-0.25, -0.2) is 0 Å². The van der Waals surface area contributed by atoms with Crippen LogP contribution in [0.3, 0.4) is 0 Å². The molecule has 14 nitrogen and oxygen atoms in total. The van der Waals surface area contributed by atoms with Gasteiger partial charge in [0.2, 0.25) is 11.0 Å². The molecule has 1 aromatic heterocycles. The average molecular weight is 579 g/mol. The quantitative estimate of drug-likeness (QED) is 0.203. The van der Waals surface area contributed by atoms with Crippen molar-refractivity contribution in [3.05, 3.63) is 24.3 Å². The molecule has 1 aliphatic heterocycles. The van der Waals surface area contributed by atoms with Crippen molar-refractivity contribution < 1.29 is 48.0 Å². The number of ether oxygens (including phenoxy) is 5. The molecule has 0 spiro atoms. The van der Waals surface area contributed by atoms with Crippen LogP contribution in [0.15, 0.2) is 34.5 Å². The number of nitrogens with zero attached hydrogens (tertiary/aromatic N) is 3. The Bertz CT molecular complexity index is 1330. The number of fused-ring (bicyclic) bond motifs is 1. The van der Waals surface area contributed by atoms with Crippen LogP contribution in [0.4, 0.5) is 5.69 Å². The minimum absolute atomic E-state index is 0.109. The summed E-state index contributed by atoms with van der Waals surface area (Å²) < 4.78 is 28.7. The van der Waals surface area contributed by atoms with Crippen molar-refractivity contribution in [3.63, 3.8) is 0 Å². The van der Waals surface area contributed by atoms with Crippen LogP contribution in [0.2, 0.25) is 0 Å². The maximum absolute atomic E-state index is 12.0. The van der Waals surface area contributed by atoms with Gasteiger partial charge in [-0.3, -0.25) is 19.2 Å². The summed E-state index contributed by atoms with van der Waals surface area (Å²) in [7, 11) is 0. The topological polar surface area (TPSA) is 176 Å². The molecule has 0 bridgehead atoms. The first kappa shape index (κ1) is 30.4. The molecule has 40 heavy (non-hydrogen) atoms. The van der Waals surface area contributed by atoms with Crippen LogP contribution < -0.4 is 5.32 Å². The zero-order valence-electron chi connectivity index (χ0n) is 22.5. The number of carbonyl (C=O) groups is 4. The van der Waals surface area contributed by atoms with E-state index in [1.807, 2.05) is 19.1 Å². The lowest BCUT2D eigenvalue weighted by atomic mass is 9.97. The molecule has 1 saturated heterocycles. The summed E-state index contributed by atoms with van der Waals surface area (Å²) in [4.78, 5) is 47.3. The molecular formula is C25H30N4O10S. The van der Waals surface area contributed by atoms with Gasteiger partial charge in [0.05, 0.1) is 5.52 Å². The number of hydrogen-bond donors (Lipinski definition) is 2. The van der Waals surface area contributed by atoms with Crippen molar-refractivity contribution >= 4 is 57.8 Å². The number of hydrogen-bond acceptors (Lipinski definition) is 12. The van der Waals surface area contributed by atoms with Gasteiger partial charge in [0.25, 0.3) is 0 Å². The molecule has 0 aliphatic carbocycles. The Morgan fingerprint density at radius 2 is 1.57 bits per heavy atom. The predicted molar refractivity (Wildman–Crippen MR) is 141 cm³/mol. The molecule has 0 unspecified atom stereocenters. The lowest BCUT2D eigenvalue weighted by Gasteiger charge is -2.44. The summed E-state index contributed by atoms with van der Waals surface area (Å²) in [6, 6.07) is 7.21. The fourth-order valence-electron chi connectivity index (χ4n) is 4.28. The van der Waals surface area contributed by atoms with Crippen molar-refractivity contribution in [3.8, 4) is 5.88 Å². The number of nitrogens with one attached hydrogen (secondary N) is 1. The van der Waals surface area contributed by atoms with Crippen LogP contribution in [0.1, 0.15) is 34.6 Å². The average Bonchev–Trinajstić information content (AvgIpc) is 3.14. The van der Waals surface area contributed by atoms with Gasteiger partial charge in [-0.15, -0.1) is 10.2 Å². The highest BCUT2D eigenvalue weighted by molar-refractivity contribution is 7.80. The summed E-state index contributed by atoms with van der Waals surface area (Å²) in [6.07, 6.45) is -6.52. The molecule has 0 radical (unpaired) electrons. The van der Waals surface area contributed by atoms with Gasteiger partial charge >= 0.3 is 23.9 Å². The lowest BCUT2D eigenvalue weighted by molar-refractivity contribution is -0.254. The van der Waals surface area contributed by atoms with Crippen LogP contribution in [0.5, 0.6) is 5.88 Å². The Morgan fingerprint density at radius 3 is 2.17 bits per heavy atom. The molecule has 5 atom stereocenters. The Hall–Kier alpha value is -4.11. The number of benzene rings is 1. The third kappa shape index (κ3) is 7.30. The first-order chi connectivity index (χ1) is 18.9. The van der Waals surface area contributed by atoms with Crippen LogP contribution in [0.25, 0.3) is 10.9 Å². The summed E-state index contributed by atoms with van der Waals surface area (Å²) in [5, 5.41) is 21.9. The van der Waals surface area contributed by atoms with E-state index in [1.165, 1.54) is 6.92 Å². The van der Waals surface area contributed by atoms with E-state index in [2.05, 4.69) is 15.5 Å². The Balaban J connectivity index is 1.94. The van der Waals surface area contributed by atoms with E-state index in [4.69, 9.17) is 35.9 Å². The number of esters is 4. The first-order valence-corrected chi connectivity index (χ1v) is 12.7. The van der Waals surface area contributed by atoms with Gasteiger partial charge in [0.15, 0.2) is 30.2 Å². The van der Waals surface area contributed by atoms with E-state index in [1.54, 1.807) is 16.7 Å². The number of thiocarbonyl (C=S) groups is 1. The molecular weight excluding hydrogens is 548 g/mol. The van der Waals surface area contributed by atoms with Gasteiger partial charge in [-0.05, 0) is 25.2 Å². The third-order valence-corrected chi connectivity index (χ3v) is 5.93. The van der Waals surface area contributed by atoms with Crippen LogP contribution >= 0.6 is 12.2 Å². The van der Waals surface area contributed by atoms with E-state index in [9.17, 15) is 24.3 Å². The maximum atomic E-state index is 12.0. The number of para-hydroxylation sites is 1. The van der Waals surface area contributed by atoms with Crippen LogP contribution in [-0.4, -0.2) is 75.9 Å². The maximum Gasteiger partial charge on any atom is 0.303 e. The molecule has 1 aliphatic rings. The van der Waals surface area contributed by atoms with E-state index in [-0.39, 0.29) is 16.7 Å².